The van der Waals surface area contributed by atoms with Gasteiger partial charge in [-0.1, -0.05) is 103 Å². The largest absolute Gasteiger partial charge is 0.278 e. The fourth-order valence-electron chi connectivity index (χ4n) is 9.33. The Morgan fingerprint density at radius 1 is 0.453 bits per heavy atom. The zero-order chi connectivity index (χ0) is 34.7. The summed E-state index contributed by atoms with van der Waals surface area (Å²) in [4.78, 5) is 9.53. The van der Waals surface area contributed by atoms with Crippen LogP contribution in [0, 0.1) is 0 Å². The molecule has 1 atom stereocenters. The summed E-state index contributed by atoms with van der Waals surface area (Å²) in [5.74, 6) is 0.863. The van der Waals surface area contributed by atoms with E-state index in [1.165, 1.54) is 75.8 Å². The van der Waals surface area contributed by atoms with Gasteiger partial charge in [-0.05, 0) is 116 Å². The highest BCUT2D eigenvalue weighted by atomic mass is 32.1. The van der Waals surface area contributed by atoms with Crippen molar-refractivity contribution in [3.63, 3.8) is 0 Å². The third kappa shape index (κ3) is 3.88. The molecule has 0 radical (unpaired) electrons. The molecule has 53 heavy (non-hydrogen) atoms. The summed E-state index contributed by atoms with van der Waals surface area (Å²) in [5.41, 5.74) is 14.3. The van der Waals surface area contributed by atoms with E-state index in [-0.39, 0.29) is 0 Å². The van der Waals surface area contributed by atoms with Gasteiger partial charge in [-0.2, -0.15) is 0 Å². The number of nitrogens with zero attached hydrogens (tertiary/aromatic N) is 3. The molecule has 246 valence electrons. The summed E-state index contributed by atoms with van der Waals surface area (Å²) < 4.78 is 4.83. The maximum Gasteiger partial charge on any atom is 0.146 e. The minimum absolute atomic E-state index is 0.516. The van der Waals surface area contributed by atoms with Gasteiger partial charge < -0.3 is 0 Å². The van der Waals surface area contributed by atoms with Crippen LogP contribution in [-0.4, -0.2) is 14.5 Å². The molecule has 2 aliphatic carbocycles. The average Bonchev–Trinajstić information content (AvgIpc) is 3.81. The Hall–Kier alpha value is -6.62. The molecule has 3 nitrogen and oxygen atoms in total. The molecule has 0 N–H and O–H groups in total. The molecule has 1 unspecified atom stereocenters. The van der Waals surface area contributed by atoms with E-state index in [9.17, 15) is 0 Å². The summed E-state index contributed by atoms with van der Waals surface area (Å²) in [6.45, 7) is 0. The summed E-state index contributed by atoms with van der Waals surface area (Å²) in [6.07, 6.45) is 8.34. The topological polar surface area (TPSA) is 30.7 Å². The molecule has 10 aromatic rings. The van der Waals surface area contributed by atoms with Gasteiger partial charge in [0.2, 0.25) is 0 Å². The van der Waals surface area contributed by atoms with Gasteiger partial charge in [0.05, 0.1) is 10.9 Å². The van der Waals surface area contributed by atoms with E-state index in [0.717, 1.165) is 27.8 Å². The number of benzene rings is 6. The number of thiophene rings is 1. The van der Waals surface area contributed by atoms with E-state index in [1.54, 1.807) is 0 Å². The molecule has 6 aromatic carbocycles. The lowest BCUT2D eigenvalue weighted by Gasteiger charge is -2.35. The Morgan fingerprint density at radius 2 is 1.21 bits per heavy atom. The number of aromatic nitrogens is 3. The first kappa shape index (κ1) is 29.0. The molecular formula is C49H29N3S. The standard InChI is InChI=1S/C49H29N3S/c1-4-14-40-30(10-1)18-19-31-20-21-33(32-22-23-44-38(26-32)36-13-9-25-51-48(36)52(44)47-17-7-8-24-50-47)27-42(31)49(40)41-15-5-2-11-34(41)37-29-46-39(28-43(37)49)35-12-3-6-16-45(35)53-46/h1-29H. The van der Waals surface area contributed by atoms with Crippen LogP contribution in [0.1, 0.15) is 33.4 Å². The summed E-state index contributed by atoms with van der Waals surface area (Å²) in [6, 6.07) is 56.1. The predicted octanol–water partition coefficient (Wildman–Crippen LogP) is 12.5. The Labute approximate surface area is 309 Å². The zero-order valence-electron chi connectivity index (χ0n) is 28.5. The molecular weight excluding hydrogens is 663 g/mol. The van der Waals surface area contributed by atoms with Gasteiger partial charge >= 0.3 is 0 Å². The van der Waals surface area contributed by atoms with Crippen molar-refractivity contribution in [2.24, 2.45) is 0 Å². The smallest absolute Gasteiger partial charge is 0.146 e. The van der Waals surface area contributed by atoms with Gasteiger partial charge in [-0.15, -0.1) is 11.3 Å². The van der Waals surface area contributed by atoms with Crippen LogP contribution in [0.15, 0.2) is 164 Å². The summed E-state index contributed by atoms with van der Waals surface area (Å²) >= 11 is 1.89. The minimum Gasteiger partial charge on any atom is -0.278 e. The van der Waals surface area contributed by atoms with E-state index in [1.807, 2.05) is 48.0 Å². The molecule has 4 heteroatoms. The highest BCUT2D eigenvalue weighted by Gasteiger charge is 2.48. The molecule has 0 saturated heterocycles. The zero-order valence-corrected chi connectivity index (χ0v) is 29.3. The molecule has 12 rings (SSSR count). The van der Waals surface area contributed by atoms with Crippen LogP contribution in [0.5, 0.6) is 0 Å². The van der Waals surface area contributed by atoms with Crippen molar-refractivity contribution in [3.05, 3.63) is 197 Å². The Balaban J connectivity index is 1.16. The molecule has 1 spiro atoms. The molecule has 4 heterocycles. The summed E-state index contributed by atoms with van der Waals surface area (Å²) in [7, 11) is 0. The van der Waals surface area contributed by atoms with Crippen molar-refractivity contribution in [3.8, 4) is 28.1 Å². The van der Waals surface area contributed by atoms with Crippen LogP contribution in [0.2, 0.25) is 0 Å². The van der Waals surface area contributed by atoms with Crippen molar-refractivity contribution in [1.82, 2.24) is 14.5 Å². The quantitative estimate of drug-likeness (QED) is 0.181. The summed E-state index contributed by atoms with van der Waals surface area (Å²) in [5, 5.41) is 4.92. The molecule has 0 fully saturated rings. The highest BCUT2D eigenvalue weighted by Crippen LogP contribution is 2.60. The van der Waals surface area contributed by atoms with Gasteiger partial charge in [-0.25, -0.2) is 9.97 Å². The van der Waals surface area contributed by atoms with Crippen molar-refractivity contribution < 1.29 is 0 Å². The van der Waals surface area contributed by atoms with E-state index in [4.69, 9.17) is 9.97 Å². The van der Waals surface area contributed by atoms with Crippen LogP contribution in [0.4, 0.5) is 0 Å². The van der Waals surface area contributed by atoms with Gasteiger partial charge in [-0.3, -0.25) is 4.57 Å². The molecule has 2 aliphatic rings. The lowest BCUT2D eigenvalue weighted by Crippen LogP contribution is -2.30. The van der Waals surface area contributed by atoms with E-state index in [2.05, 4.69) is 144 Å². The van der Waals surface area contributed by atoms with Crippen molar-refractivity contribution in [2.45, 2.75) is 5.41 Å². The van der Waals surface area contributed by atoms with Crippen LogP contribution in [-0.2, 0) is 5.41 Å². The number of rotatable bonds is 2. The molecule has 4 aromatic heterocycles. The molecule has 0 saturated carbocycles. The van der Waals surface area contributed by atoms with Gasteiger partial charge in [0.15, 0.2) is 0 Å². The fraction of sp³-hybridized carbons (Fsp3) is 0.0204. The predicted molar refractivity (Wildman–Crippen MR) is 221 cm³/mol. The number of pyridine rings is 2. The molecule has 0 amide bonds. The number of hydrogen-bond donors (Lipinski definition) is 0. The lowest BCUT2D eigenvalue weighted by atomic mass is 9.65. The second-order valence-electron chi connectivity index (χ2n) is 14.1. The van der Waals surface area contributed by atoms with Crippen molar-refractivity contribution in [2.75, 3.05) is 0 Å². The van der Waals surface area contributed by atoms with E-state index in [0.29, 0.717) is 0 Å². The average molecular weight is 692 g/mol. The van der Waals surface area contributed by atoms with Gasteiger partial charge in [0, 0.05) is 43.3 Å². The number of fused-ring (bicyclic) bond motifs is 15. The first-order valence-corrected chi connectivity index (χ1v) is 18.9. The maximum atomic E-state index is 4.83. The van der Waals surface area contributed by atoms with E-state index < -0.39 is 5.41 Å². The van der Waals surface area contributed by atoms with Crippen molar-refractivity contribution >= 4 is 65.6 Å². The van der Waals surface area contributed by atoms with E-state index >= 15 is 0 Å². The minimum atomic E-state index is -0.516. The van der Waals surface area contributed by atoms with Gasteiger partial charge in [0.25, 0.3) is 0 Å². The third-order valence-corrected chi connectivity index (χ3v) is 12.7. The number of hydrogen-bond acceptors (Lipinski definition) is 3. The lowest BCUT2D eigenvalue weighted by molar-refractivity contribution is 0.768. The first-order chi connectivity index (χ1) is 26.3. The van der Waals surface area contributed by atoms with Crippen LogP contribution >= 0.6 is 11.3 Å². The molecule has 0 bridgehead atoms. The maximum absolute atomic E-state index is 4.83. The van der Waals surface area contributed by atoms with Crippen LogP contribution < -0.4 is 0 Å². The third-order valence-electron chi connectivity index (χ3n) is 11.5. The normalized spacial score (nSPS) is 15.5. The second-order valence-corrected chi connectivity index (χ2v) is 15.2. The highest BCUT2D eigenvalue weighted by molar-refractivity contribution is 7.25. The fourth-order valence-corrected chi connectivity index (χ4v) is 10.5. The monoisotopic (exact) mass is 691 g/mol. The van der Waals surface area contributed by atoms with Crippen molar-refractivity contribution in [1.29, 1.82) is 0 Å². The Bertz CT molecular complexity index is 3180. The second kappa shape index (κ2) is 10.7. The SMILES string of the molecule is C1=Cc2ccc(-c3ccc4c(c3)c3cccnc3n4-c3ccccn3)cc2C2(c3ccccc31)c1ccccc1-c1cc3sc4ccccc4c3cc12. The van der Waals surface area contributed by atoms with Crippen LogP contribution in [0.25, 0.3) is 82.3 Å². The molecule has 0 aliphatic heterocycles. The first-order valence-electron chi connectivity index (χ1n) is 18.1. The Kier molecular flexibility index (Phi) is 5.86. The van der Waals surface area contributed by atoms with Gasteiger partial charge in [0.1, 0.15) is 11.5 Å². The Morgan fingerprint density at radius 3 is 2.13 bits per heavy atom. The van der Waals surface area contributed by atoms with Crippen LogP contribution in [0.3, 0.4) is 0 Å².